The van der Waals surface area contributed by atoms with Crippen LogP contribution in [0.1, 0.15) is 20.8 Å². The molecule has 0 aliphatic rings. The largest absolute Gasteiger partial charge is 0.497 e. The number of Topliss-reactive ketones (excluding diaryl/α,β-unsaturated/α-hetero) is 1. The van der Waals surface area contributed by atoms with Gasteiger partial charge in [0.15, 0.2) is 17.3 Å². The Labute approximate surface area is 203 Å². The van der Waals surface area contributed by atoms with Gasteiger partial charge in [-0.25, -0.2) is 4.39 Å². The third kappa shape index (κ3) is 6.13. The molecule has 0 radical (unpaired) electrons. The second kappa shape index (κ2) is 11.0. The number of amides is 1. The maximum atomic E-state index is 14.9. The summed E-state index contributed by atoms with van der Waals surface area (Å²) in [4.78, 5) is 30.9. The number of carbonyl (C=O) groups excluding carboxylic acids is 2. The Morgan fingerprint density at radius 2 is 1.89 bits per heavy atom. The number of nitrogens with one attached hydrogen (secondary N) is 1. The summed E-state index contributed by atoms with van der Waals surface area (Å²) in [6.07, 6.45) is 0.906. The highest BCUT2D eigenvalue weighted by Gasteiger charge is 2.21. The zero-order valence-corrected chi connectivity index (χ0v) is 20.3. The fourth-order valence-corrected chi connectivity index (χ4v) is 3.59. The summed E-state index contributed by atoms with van der Waals surface area (Å²) in [5.41, 5.74) is 1.12. The van der Waals surface area contributed by atoms with Crippen LogP contribution < -0.4 is 14.8 Å². The zero-order valence-electron chi connectivity index (χ0n) is 20.3. The number of rotatable bonds is 9. The average Bonchev–Trinajstić information content (AvgIpc) is 2.79. The molecule has 2 N–H and O–H groups in total. The molecule has 3 rings (SSSR count). The summed E-state index contributed by atoms with van der Waals surface area (Å²) in [6.45, 7) is 4.74. The third-order valence-electron chi connectivity index (χ3n) is 5.37. The van der Waals surface area contributed by atoms with Crippen molar-refractivity contribution in [2.75, 3.05) is 26.0 Å². The number of hydrogen-bond acceptors (Lipinski definition) is 7. The number of aliphatic hydroxyl groups excluding tert-OH is 1. The minimum absolute atomic E-state index is 0.0403. The highest BCUT2D eigenvalue weighted by molar-refractivity contribution is 6.23. The van der Waals surface area contributed by atoms with Gasteiger partial charge in [0.25, 0.3) is 5.91 Å². The van der Waals surface area contributed by atoms with Crippen LogP contribution in [-0.4, -0.2) is 53.5 Å². The molecule has 1 aromatic heterocycles. The van der Waals surface area contributed by atoms with Crippen LogP contribution in [0, 0.1) is 5.82 Å². The molecule has 0 saturated heterocycles. The van der Waals surface area contributed by atoms with Gasteiger partial charge < -0.3 is 24.8 Å². The van der Waals surface area contributed by atoms with E-state index in [1.54, 1.807) is 63.4 Å². The molecule has 1 atom stereocenters. The lowest BCUT2D eigenvalue weighted by atomic mass is 10.1. The first-order chi connectivity index (χ1) is 16.6. The molecule has 1 heterocycles. The molecule has 0 fully saturated rings. The standard InChI is InChI=1S/C26H28FN3O5/c1-15(31)14-30(4)16(2)25(17(3)32)26(33)29-18-6-9-24(21(27)12-18)35-23-10-11-28-22-13-19(34-5)7-8-20(22)23/h6-13,15,31H,14H2,1-5H3,(H,29,33)/b25-16+. The highest BCUT2D eigenvalue weighted by Crippen LogP contribution is 2.33. The number of ketones is 1. The minimum atomic E-state index is -0.697. The Bertz CT molecular complexity index is 1290. The second-order valence-corrected chi connectivity index (χ2v) is 8.14. The smallest absolute Gasteiger partial charge is 0.261 e. The van der Waals surface area contributed by atoms with E-state index in [2.05, 4.69) is 10.3 Å². The number of benzene rings is 2. The van der Waals surface area contributed by atoms with E-state index in [-0.39, 0.29) is 23.6 Å². The van der Waals surface area contributed by atoms with Gasteiger partial charge in [-0.2, -0.15) is 0 Å². The number of anilines is 1. The van der Waals surface area contributed by atoms with Gasteiger partial charge >= 0.3 is 0 Å². The second-order valence-electron chi connectivity index (χ2n) is 8.14. The van der Waals surface area contributed by atoms with Crippen LogP contribution in [-0.2, 0) is 9.59 Å². The maximum absolute atomic E-state index is 14.9. The molecule has 1 unspecified atom stereocenters. The van der Waals surface area contributed by atoms with Gasteiger partial charge in [-0.1, -0.05) is 0 Å². The minimum Gasteiger partial charge on any atom is -0.497 e. The number of carbonyl (C=O) groups is 2. The molecule has 1 amide bonds. The van der Waals surface area contributed by atoms with Crippen molar-refractivity contribution in [3.05, 3.63) is 65.7 Å². The topological polar surface area (TPSA) is 101 Å². The molecule has 184 valence electrons. The van der Waals surface area contributed by atoms with E-state index in [1.807, 2.05) is 0 Å². The Morgan fingerprint density at radius 3 is 2.51 bits per heavy atom. The van der Waals surface area contributed by atoms with Crippen molar-refractivity contribution in [1.82, 2.24) is 9.88 Å². The summed E-state index contributed by atoms with van der Waals surface area (Å²) in [5.74, 6) is -0.806. The van der Waals surface area contributed by atoms with E-state index in [4.69, 9.17) is 9.47 Å². The molecular weight excluding hydrogens is 453 g/mol. The van der Waals surface area contributed by atoms with Crippen LogP contribution in [0.25, 0.3) is 10.9 Å². The Balaban J connectivity index is 1.82. The summed E-state index contributed by atoms with van der Waals surface area (Å²) in [7, 11) is 3.23. The summed E-state index contributed by atoms with van der Waals surface area (Å²) >= 11 is 0. The number of nitrogens with zero attached hydrogens (tertiary/aromatic N) is 2. The number of hydrogen-bond donors (Lipinski definition) is 2. The third-order valence-corrected chi connectivity index (χ3v) is 5.37. The lowest BCUT2D eigenvalue weighted by Gasteiger charge is -2.23. The Kier molecular flexibility index (Phi) is 8.03. The van der Waals surface area contributed by atoms with E-state index in [0.29, 0.717) is 28.1 Å². The van der Waals surface area contributed by atoms with Gasteiger partial charge in [-0.05, 0) is 51.1 Å². The molecule has 0 aliphatic heterocycles. The van der Waals surface area contributed by atoms with Gasteiger partial charge in [0.05, 0.1) is 18.7 Å². The van der Waals surface area contributed by atoms with Crippen molar-refractivity contribution >= 4 is 28.3 Å². The van der Waals surface area contributed by atoms with Gasteiger partial charge in [-0.3, -0.25) is 14.6 Å². The van der Waals surface area contributed by atoms with E-state index in [1.165, 1.54) is 19.1 Å². The molecule has 0 aliphatic carbocycles. The number of halogens is 1. The lowest BCUT2D eigenvalue weighted by molar-refractivity contribution is -0.119. The number of pyridine rings is 1. The first-order valence-corrected chi connectivity index (χ1v) is 10.9. The molecule has 0 bridgehead atoms. The van der Waals surface area contributed by atoms with E-state index in [0.717, 1.165) is 6.07 Å². The van der Waals surface area contributed by atoms with Gasteiger partial charge in [0.1, 0.15) is 17.1 Å². The lowest BCUT2D eigenvalue weighted by Crippen LogP contribution is -2.30. The predicted molar refractivity (Wildman–Crippen MR) is 131 cm³/mol. The van der Waals surface area contributed by atoms with Gasteiger partial charge in [-0.15, -0.1) is 0 Å². The molecule has 0 saturated carbocycles. The zero-order chi connectivity index (χ0) is 25.7. The number of methoxy groups -OCH3 is 1. The SMILES string of the molecule is COc1ccc2c(Oc3ccc(NC(=O)/C(C(C)=O)=C(\C)N(C)CC(C)O)cc3F)ccnc2c1. The molecule has 35 heavy (non-hydrogen) atoms. The molecule has 9 heteroatoms. The number of aliphatic hydroxyl groups is 1. The highest BCUT2D eigenvalue weighted by atomic mass is 19.1. The molecular formula is C26H28FN3O5. The van der Waals surface area contributed by atoms with E-state index >= 15 is 0 Å². The van der Waals surface area contributed by atoms with E-state index < -0.39 is 23.6 Å². The van der Waals surface area contributed by atoms with Crippen molar-refractivity contribution in [3.63, 3.8) is 0 Å². The quantitative estimate of drug-likeness (QED) is 0.267. The van der Waals surface area contributed by atoms with Crippen molar-refractivity contribution in [1.29, 1.82) is 0 Å². The molecule has 2 aromatic carbocycles. The predicted octanol–water partition coefficient (Wildman–Crippen LogP) is 4.29. The molecule has 8 nitrogen and oxygen atoms in total. The summed E-state index contributed by atoms with van der Waals surface area (Å²) in [6, 6.07) is 10.9. The van der Waals surface area contributed by atoms with Gasteiger partial charge in [0, 0.05) is 48.7 Å². The van der Waals surface area contributed by atoms with Crippen LogP contribution >= 0.6 is 0 Å². The van der Waals surface area contributed by atoms with Crippen LogP contribution in [0.2, 0.25) is 0 Å². The number of aromatic nitrogens is 1. The van der Waals surface area contributed by atoms with Crippen LogP contribution in [0.3, 0.4) is 0 Å². The van der Waals surface area contributed by atoms with Crippen LogP contribution in [0.15, 0.2) is 59.9 Å². The molecule has 0 spiro atoms. The number of likely N-dealkylation sites (N-methyl/N-ethyl adjacent to an activating group) is 1. The fourth-order valence-electron chi connectivity index (χ4n) is 3.59. The average molecular weight is 482 g/mol. The van der Waals surface area contributed by atoms with Crippen molar-refractivity contribution in [2.45, 2.75) is 26.9 Å². The first-order valence-electron chi connectivity index (χ1n) is 10.9. The van der Waals surface area contributed by atoms with Crippen molar-refractivity contribution < 1.29 is 28.6 Å². The molecule has 3 aromatic rings. The normalized spacial score (nSPS) is 12.5. The van der Waals surface area contributed by atoms with Crippen molar-refractivity contribution in [3.8, 4) is 17.2 Å². The fraction of sp³-hybridized carbons (Fsp3) is 0.269. The summed E-state index contributed by atoms with van der Waals surface area (Å²) in [5, 5.41) is 12.8. The van der Waals surface area contributed by atoms with Gasteiger partial charge in [0.2, 0.25) is 0 Å². The maximum Gasteiger partial charge on any atom is 0.261 e. The van der Waals surface area contributed by atoms with Crippen LogP contribution in [0.4, 0.5) is 10.1 Å². The monoisotopic (exact) mass is 481 g/mol. The Morgan fingerprint density at radius 1 is 1.14 bits per heavy atom. The summed E-state index contributed by atoms with van der Waals surface area (Å²) < 4.78 is 25.9. The Hall–Kier alpha value is -3.98. The number of fused-ring (bicyclic) bond motifs is 1. The van der Waals surface area contributed by atoms with Crippen LogP contribution in [0.5, 0.6) is 17.2 Å². The van der Waals surface area contributed by atoms with Crippen molar-refractivity contribution in [2.24, 2.45) is 0 Å². The van der Waals surface area contributed by atoms with E-state index in [9.17, 15) is 19.1 Å². The number of ether oxygens (including phenoxy) is 2. The number of allylic oxidation sites excluding steroid dienone is 1. The first kappa shape index (κ1) is 25.6.